The number of benzene rings is 2. The lowest BCUT2D eigenvalue weighted by Crippen LogP contribution is -2.20. The molecule has 0 aliphatic rings. The molecule has 2 aromatic rings. The normalized spacial score (nSPS) is 10.7. The molecule has 0 atom stereocenters. The van der Waals surface area contributed by atoms with Crippen molar-refractivity contribution in [2.24, 2.45) is 0 Å². The second-order valence-corrected chi connectivity index (χ2v) is 8.32. The standard InChI is InChI=1S/C21H29N3OS2/c1-24(2)19-8-5-16(6-9-19)17-7-10-20(23-21(25)15-27-4)18(13-17)14-22-11-12-26-3/h5-10,13,22H,11-12,14-15H2,1-4H3,(H,23,25). The lowest BCUT2D eigenvalue weighted by molar-refractivity contribution is -0.113. The van der Waals surface area contributed by atoms with Crippen molar-refractivity contribution in [1.82, 2.24) is 5.32 Å². The van der Waals surface area contributed by atoms with Crippen molar-refractivity contribution in [3.05, 3.63) is 48.0 Å². The average molecular weight is 404 g/mol. The van der Waals surface area contributed by atoms with Gasteiger partial charge in [-0.15, -0.1) is 0 Å². The van der Waals surface area contributed by atoms with Crippen LogP contribution in [0.5, 0.6) is 0 Å². The molecule has 0 saturated heterocycles. The summed E-state index contributed by atoms with van der Waals surface area (Å²) in [4.78, 5) is 14.1. The minimum atomic E-state index is 0.0379. The molecule has 0 heterocycles. The number of carbonyl (C=O) groups excluding carboxylic acids is 1. The fourth-order valence-corrected chi connectivity index (χ4v) is 3.39. The first-order chi connectivity index (χ1) is 13.0. The van der Waals surface area contributed by atoms with Crippen LogP contribution in [0.25, 0.3) is 11.1 Å². The Balaban J connectivity index is 2.24. The Morgan fingerprint density at radius 2 is 1.70 bits per heavy atom. The van der Waals surface area contributed by atoms with E-state index in [2.05, 4.69) is 58.2 Å². The van der Waals surface area contributed by atoms with Crippen molar-refractivity contribution in [1.29, 1.82) is 0 Å². The van der Waals surface area contributed by atoms with Crippen molar-refractivity contribution in [2.75, 3.05) is 54.9 Å². The van der Waals surface area contributed by atoms with Gasteiger partial charge in [0.15, 0.2) is 0 Å². The molecule has 1 amide bonds. The number of hydrogen-bond acceptors (Lipinski definition) is 5. The fraction of sp³-hybridized carbons (Fsp3) is 0.381. The molecular weight excluding hydrogens is 374 g/mol. The van der Waals surface area contributed by atoms with Crippen LogP contribution in [0, 0.1) is 0 Å². The summed E-state index contributed by atoms with van der Waals surface area (Å²) in [5, 5.41) is 6.51. The lowest BCUT2D eigenvalue weighted by atomic mass is 10.0. The van der Waals surface area contributed by atoms with E-state index in [1.807, 2.05) is 38.2 Å². The Morgan fingerprint density at radius 1 is 1.00 bits per heavy atom. The Labute approximate surface area is 171 Å². The van der Waals surface area contributed by atoms with Gasteiger partial charge >= 0.3 is 0 Å². The maximum absolute atomic E-state index is 12.0. The number of rotatable bonds is 10. The van der Waals surface area contributed by atoms with Crippen LogP contribution >= 0.6 is 23.5 Å². The van der Waals surface area contributed by atoms with Crippen molar-refractivity contribution in [3.8, 4) is 11.1 Å². The van der Waals surface area contributed by atoms with Crippen molar-refractivity contribution < 1.29 is 4.79 Å². The van der Waals surface area contributed by atoms with Gasteiger partial charge in [-0.3, -0.25) is 4.79 Å². The molecule has 0 saturated carbocycles. The molecule has 146 valence electrons. The second kappa shape index (κ2) is 11.3. The smallest absolute Gasteiger partial charge is 0.234 e. The summed E-state index contributed by atoms with van der Waals surface area (Å²) in [6.07, 6.45) is 4.04. The molecule has 0 aliphatic heterocycles. The van der Waals surface area contributed by atoms with Gasteiger partial charge in [0.2, 0.25) is 5.91 Å². The van der Waals surface area contributed by atoms with E-state index in [1.54, 1.807) is 0 Å². The number of hydrogen-bond donors (Lipinski definition) is 2. The van der Waals surface area contributed by atoms with Gasteiger partial charge < -0.3 is 15.5 Å². The van der Waals surface area contributed by atoms with Gasteiger partial charge in [0.25, 0.3) is 0 Å². The van der Waals surface area contributed by atoms with E-state index in [4.69, 9.17) is 0 Å². The van der Waals surface area contributed by atoms with Crippen molar-refractivity contribution in [2.45, 2.75) is 6.54 Å². The fourth-order valence-electron chi connectivity index (χ4n) is 2.71. The van der Waals surface area contributed by atoms with Crippen LogP contribution in [0.15, 0.2) is 42.5 Å². The quantitative estimate of drug-likeness (QED) is 0.583. The Kier molecular flexibility index (Phi) is 9.04. The molecule has 0 spiro atoms. The molecule has 2 N–H and O–H groups in total. The van der Waals surface area contributed by atoms with Crippen molar-refractivity contribution >= 4 is 40.8 Å². The van der Waals surface area contributed by atoms with Gasteiger partial charge in [0.05, 0.1) is 5.75 Å². The minimum absolute atomic E-state index is 0.0379. The summed E-state index contributed by atoms with van der Waals surface area (Å²) < 4.78 is 0. The molecule has 0 aromatic heterocycles. The van der Waals surface area contributed by atoms with Gasteiger partial charge in [0.1, 0.15) is 0 Å². The SMILES string of the molecule is CSCCNCc1cc(-c2ccc(N(C)C)cc2)ccc1NC(=O)CSC. The number of carbonyl (C=O) groups is 1. The van der Waals surface area contributed by atoms with Crippen LogP contribution in [0.2, 0.25) is 0 Å². The van der Waals surface area contributed by atoms with Gasteiger partial charge in [0, 0.05) is 44.3 Å². The van der Waals surface area contributed by atoms with Crippen LogP contribution in [0.3, 0.4) is 0 Å². The molecule has 27 heavy (non-hydrogen) atoms. The van der Waals surface area contributed by atoms with E-state index in [0.717, 1.165) is 35.7 Å². The van der Waals surface area contributed by atoms with E-state index >= 15 is 0 Å². The zero-order valence-electron chi connectivity index (χ0n) is 16.5. The largest absolute Gasteiger partial charge is 0.378 e. The molecule has 2 rings (SSSR count). The molecule has 2 aromatic carbocycles. The molecule has 4 nitrogen and oxygen atoms in total. The molecule has 0 aliphatic carbocycles. The highest BCUT2D eigenvalue weighted by Gasteiger charge is 2.09. The first-order valence-corrected chi connectivity index (χ1v) is 11.7. The van der Waals surface area contributed by atoms with Crippen LogP contribution in [-0.4, -0.2) is 50.6 Å². The average Bonchev–Trinajstić information content (AvgIpc) is 2.66. The third kappa shape index (κ3) is 6.79. The van der Waals surface area contributed by atoms with E-state index in [9.17, 15) is 4.79 Å². The highest BCUT2D eigenvalue weighted by molar-refractivity contribution is 7.99. The molecular formula is C21H29N3OS2. The third-order valence-corrected chi connectivity index (χ3v) is 5.33. The number of nitrogens with one attached hydrogen (secondary N) is 2. The van der Waals surface area contributed by atoms with Crippen LogP contribution in [0.1, 0.15) is 5.56 Å². The number of nitrogens with zero attached hydrogens (tertiary/aromatic N) is 1. The zero-order chi connectivity index (χ0) is 19.6. The van der Waals surface area contributed by atoms with E-state index in [0.29, 0.717) is 5.75 Å². The summed E-state index contributed by atoms with van der Waals surface area (Å²) >= 11 is 3.35. The minimum Gasteiger partial charge on any atom is -0.378 e. The first kappa shape index (κ1) is 21.7. The highest BCUT2D eigenvalue weighted by Crippen LogP contribution is 2.27. The predicted octanol–water partition coefficient (Wildman–Crippen LogP) is 4.17. The Bertz CT molecular complexity index is 733. The maximum Gasteiger partial charge on any atom is 0.234 e. The third-order valence-electron chi connectivity index (χ3n) is 4.17. The van der Waals surface area contributed by atoms with Gasteiger partial charge in [-0.1, -0.05) is 18.2 Å². The molecule has 0 radical (unpaired) electrons. The lowest BCUT2D eigenvalue weighted by Gasteiger charge is -2.15. The maximum atomic E-state index is 12.0. The summed E-state index contributed by atoms with van der Waals surface area (Å²) in [6, 6.07) is 14.8. The predicted molar refractivity (Wildman–Crippen MR) is 123 cm³/mol. The van der Waals surface area contributed by atoms with E-state index < -0.39 is 0 Å². The number of thioether (sulfide) groups is 2. The van der Waals surface area contributed by atoms with Gasteiger partial charge in [-0.25, -0.2) is 0 Å². The second-order valence-electron chi connectivity index (χ2n) is 6.46. The van der Waals surface area contributed by atoms with E-state index in [-0.39, 0.29) is 5.91 Å². The zero-order valence-corrected chi connectivity index (χ0v) is 18.2. The summed E-state index contributed by atoms with van der Waals surface area (Å²) in [7, 11) is 4.08. The highest BCUT2D eigenvalue weighted by atomic mass is 32.2. The molecule has 6 heteroatoms. The van der Waals surface area contributed by atoms with Crippen LogP contribution in [-0.2, 0) is 11.3 Å². The molecule has 0 unspecified atom stereocenters. The monoisotopic (exact) mass is 403 g/mol. The number of amides is 1. The summed E-state index contributed by atoms with van der Waals surface area (Å²) in [5.41, 5.74) is 5.51. The topological polar surface area (TPSA) is 44.4 Å². The van der Waals surface area contributed by atoms with Crippen LogP contribution < -0.4 is 15.5 Å². The molecule has 0 bridgehead atoms. The molecule has 0 fully saturated rings. The number of anilines is 2. The summed E-state index contributed by atoms with van der Waals surface area (Å²) in [5.74, 6) is 1.57. The van der Waals surface area contributed by atoms with Crippen molar-refractivity contribution in [3.63, 3.8) is 0 Å². The Morgan fingerprint density at radius 3 is 2.33 bits per heavy atom. The van der Waals surface area contributed by atoms with Gasteiger partial charge in [-0.2, -0.15) is 23.5 Å². The Hall–Kier alpha value is -1.63. The van der Waals surface area contributed by atoms with Gasteiger partial charge in [-0.05, 0) is 53.5 Å². The first-order valence-electron chi connectivity index (χ1n) is 8.94. The van der Waals surface area contributed by atoms with E-state index in [1.165, 1.54) is 23.0 Å². The summed E-state index contributed by atoms with van der Waals surface area (Å²) in [6.45, 7) is 1.68. The van der Waals surface area contributed by atoms with Crippen LogP contribution in [0.4, 0.5) is 11.4 Å².